The summed E-state index contributed by atoms with van der Waals surface area (Å²) < 4.78 is 24.6. The number of aromatic nitrogens is 1. The Kier molecular flexibility index (Phi) is 3.82. The zero-order valence-corrected chi connectivity index (χ0v) is 8.69. The second kappa shape index (κ2) is 4.72. The first-order valence-electron chi connectivity index (χ1n) is 3.74. The van der Waals surface area contributed by atoms with E-state index in [1.165, 1.54) is 0 Å². The van der Waals surface area contributed by atoms with Crippen LogP contribution in [0.4, 0.5) is 8.78 Å². The Hall–Kier alpha value is -0.940. The van der Waals surface area contributed by atoms with Crippen LogP contribution in [0.15, 0.2) is 6.07 Å². The largest absolute Gasteiger partial charge is 0.478 e. The molecular formula is C8H5Cl2F2NO2. The minimum absolute atomic E-state index is 0.160. The third-order valence-corrected chi connectivity index (χ3v) is 2.18. The SMILES string of the molecule is O=C(O)c1c(Cl)cc(C(F)F)nc1CCl. The predicted molar refractivity (Wildman–Crippen MR) is 50.7 cm³/mol. The van der Waals surface area contributed by atoms with Gasteiger partial charge in [-0.3, -0.25) is 0 Å². The summed E-state index contributed by atoms with van der Waals surface area (Å²) >= 11 is 10.9. The van der Waals surface area contributed by atoms with Gasteiger partial charge in [-0.05, 0) is 6.07 Å². The fraction of sp³-hybridized carbons (Fsp3) is 0.250. The molecule has 1 heterocycles. The fourth-order valence-electron chi connectivity index (χ4n) is 1.02. The lowest BCUT2D eigenvalue weighted by atomic mass is 10.2. The number of nitrogens with zero attached hydrogens (tertiary/aromatic N) is 1. The molecule has 0 aliphatic rings. The Morgan fingerprint density at radius 3 is 2.60 bits per heavy atom. The Bertz CT molecular complexity index is 398. The zero-order chi connectivity index (χ0) is 11.6. The lowest BCUT2D eigenvalue weighted by Crippen LogP contribution is -2.07. The Morgan fingerprint density at radius 1 is 1.60 bits per heavy atom. The second-order valence-corrected chi connectivity index (χ2v) is 3.26. The number of halogens is 4. The van der Waals surface area contributed by atoms with Gasteiger partial charge >= 0.3 is 5.97 Å². The average molecular weight is 256 g/mol. The molecule has 3 nitrogen and oxygen atoms in total. The standard InChI is InChI=1S/C8H5Cl2F2NO2/c9-2-5-6(8(14)15)3(10)1-4(13-5)7(11)12/h1,7H,2H2,(H,14,15). The number of rotatable bonds is 3. The van der Waals surface area contributed by atoms with Crippen molar-refractivity contribution in [3.05, 3.63) is 28.0 Å². The molecule has 0 saturated heterocycles. The molecule has 0 fully saturated rings. The molecule has 0 bridgehead atoms. The van der Waals surface area contributed by atoms with E-state index in [2.05, 4.69) is 4.98 Å². The molecule has 1 N–H and O–H groups in total. The average Bonchev–Trinajstić information content (AvgIpc) is 2.15. The molecule has 0 unspecified atom stereocenters. The number of aromatic carboxylic acids is 1. The highest BCUT2D eigenvalue weighted by atomic mass is 35.5. The lowest BCUT2D eigenvalue weighted by molar-refractivity contribution is 0.0695. The summed E-state index contributed by atoms with van der Waals surface area (Å²) in [5.41, 5.74) is -1.08. The monoisotopic (exact) mass is 255 g/mol. The van der Waals surface area contributed by atoms with Gasteiger partial charge in [-0.15, -0.1) is 11.6 Å². The highest BCUT2D eigenvalue weighted by Gasteiger charge is 2.20. The van der Waals surface area contributed by atoms with Gasteiger partial charge in [-0.2, -0.15) is 0 Å². The molecule has 0 amide bonds. The highest BCUT2D eigenvalue weighted by molar-refractivity contribution is 6.33. The Morgan fingerprint density at radius 2 is 2.20 bits per heavy atom. The summed E-state index contributed by atoms with van der Waals surface area (Å²) in [6, 6.07) is 0.825. The molecule has 0 aliphatic heterocycles. The van der Waals surface area contributed by atoms with E-state index < -0.39 is 18.1 Å². The Labute approximate surface area is 93.6 Å². The van der Waals surface area contributed by atoms with Gasteiger partial charge in [0, 0.05) is 0 Å². The van der Waals surface area contributed by atoms with Gasteiger partial charge < -0.3 is 5.11 Å². The molecule has 15 heavy (non-hydrogen) atoms. The summed E-state index contributed by atoms with van der Waals surface area (Å²) in [6.45, 7) is 0. The molecule has 0 radical (unpaired) electrons. The quantitative estimate of drug-likeness (QED) is 0.845. The predicted octanol–water partition coefficient (Wildman–Crippen LogP) is 3.11. The van der Waals surface area contributed by atoms with Crippen molar-refractivity contribution in [1.82, 2.24) is 4.98 Å². The Balaban J connectivity index is 3.37. The first-order chi connectivity index (χ1) is 6.97. The topological polar surface area (TPSA) is 50.2 Å². The van der Waals surface area contributed by atoms with Crippen molar-refractivity contribution in [1.29, 1.82) is 0 Å². The van der Waals surface area contributed by atoms with Gasteiger partial charge in [-0.25, -0.2) is 18.6 Å². The summed E-state index contributed by atoms with van der Waals surface area (Å²) in [5, 5.41) is 8.45. The van der Waals surface area contributed by atoms with Crippen LogP contribution in [0.5, 0.6) is 0 Å². The number of pyridine rings is 1. The van der Waals surface area contributed by atoms with Crippen LogP contribution in [0.3, 0.4) is 0 Å². The van der Waals surface area contributed by atoms with E-state index in [1.807, 2.05) is 0 Å². The number of hydrogen-bond acceptors (Lipinski definition) is 2. The van der Waals surface area contributed by atoms with E-state index in [-0.39, 0.29) is 22.2 Å². The summed E-state index contributed by atoms with van der Waals surface area (Å²) in [5.74, 6) is -1.63. The minimum atomic E-state index is -2.81. The molecule has 1 rings (SSSR count). The van der Waals surface area contributed by atoms with E-state index in [0.717, 1.165) is 6.07 Å². The van der Waals surface area contributed by atoms with Crippen molar-refractivity contribution < 1.29 is 18.7 Å². The molecule has 0 saturated carbocycles. The molecule has 1 aromatic rings. The summed E-state index contributed by atoms with van der Waals surface area (Å²) in [7, 11) is 0. The lowest BCUT2D eigenvalue weighted by Gasteiger charge is -2.07. The molecule has 0 atom stereocenters. The normalized spacial score (nSPS) is 10.7. The maximum atomic E-state index is 12.3. The number of alkyl halides is 3. The smallest absolute Gasteiger partial charge is 0.339 e. The maximum Gasteiger partial charge on any atom is 0.339 e. The van der Waals surface area contributed by atoms with Gasteiger partial charge in [0.05, 0.1) is 16.6 Å². The van der Waals surface area contributed by atoms with E-state index >= 15 is 0 Å². The highest BCUT2D eigenvalue weighted by Crippen LogP contribution is 2.26. The number of carbonyl (C=O) groups is 1. The molecule has 0 aliphatic carbocycles. The molecule has 82 valence electrons. The van der Waals surface area contributed by atoms with Crippen LogP contribution in [0.2, 0.25) is 5.02 Å². The molecule has 0 aromatic carbocycles. The molecular weight excluding hydrogens is 251 g/mol. The van der Waals surface area contributed by atoms with Crippen molar-refractivity contribution in [2.24, 2.45) is 0 Å². The fourth-order valence-corrected chi connectivity index (χ4v) is 1.51. The van der Waals surface area contributed by atoms with E-state index in [1.54, 1.807) is 0 Å². The minimum Gasteiger partial charge on any atom is -0.478 e. The van der Waals surface area contributed by atoms with Gasteiger partial charge in [0.1, 0.15) is 11.3 Å². The molecule has 7 heteroatoms. The van der Waals surface area contributed by atoms with Crippen molar-refractivity contribution in [3.8, 4) is 0 Å². The van der Waals surface area contributed by atoms with Crippen molar-refractivity contribution in [2.75, 3.05) is 0 Å². The van der Waals surface area contributed by atoms with E-state index in [0.29, 0.717) is 0 Å². The van der Waals surface area contributed by atoms with E-state index in [4.69, 9.17) is 28.3 Å². The van der Waals surface area contributed by atoms with Crippen molar-refractivity contribution >= 4 is 29.2 Å². The van der Waals surface area contributed by atoms with Crippen LogP contribution in [0.1, 0.15) is 28.2 Å². The van der Waals surface area contributed by atoms with Gasteiger partial charge in [-0.1, -0.05) is 11.6 Å². The van der Waals surface area contributed by atoms with Gasteiger partial charge in [0.2, 0.25) is 0 Å². The van der Waals surface area contributed by atoms with Crippen LogP contribution < -0.4 is 0 Å². The summed E-state index contributed by atoms with van der Waals surface area (Å²) in [6.07, 6.45) is -2.81. The van der Waals surface area contributed by atoms with Crippen molar-refractivity contribution in [3.63, 3.8) is 0 Å². The van der Waals surface area contributed by atoms with Crippen LogP contribution in [-0.2, 0) is 5.88 Å². The second-order valence-electron chi connectivity index (χ2n) is 2.59. The third-order valence-electron chi connectivity index (χ3n) is 1.63. The number of carboxylic acid groups (broad SMARTS) is 1. The van der Waals surface area contributed by atoms with Crippen molar-refractivity contribution in [2.45, 2.75) is 12.3 Å². The van der Waals surface area contributed by atoms with Gasteiger partial charge in [0.15, 0.2) is 0 Å². The first kappa shape index (κ1) is 12.1. The molecule has 1 aromatic heterocycles. The van der Waals surface area contributed by atoms with Crippen LogP contribution >= 0.6 is 23.2 Å². The first-order valence-corrected chi connectivity index (χ1v) is 4.65. The van der Waals surface area contributed by atoms with Gasteiger partial charge in [0.25, 0.3) is 6.43 Å². The maximum absolute atomic E-state index is 12.3. The van der Waals surface area contributed by atoms with Crippen LogP contribution in [0, 0.1) is 0 Å². The summed E-state index contributed by atoms with van der Waals surface area (Å²) in [4.78, 5) is 14.1. The molecule has 0 spiro atoms. The zero-order valence-electron chi connectivity index (χ0n) is 7.18. The van der Waals surface area contributed by atoms with Crippen LogP contribution in [-0.4, -0.2) is 16.1 Å². The third kappa shape index (κ3) is 2.54. The van der Waals surface area contributed by atoms with E-state index in [9.17, 15) is 13.6 Å². The number of hydrogen-bond donors (Lipinski definition) is 1. The van der Waals surface area contributed by atoms with Crippen LogP contribution in [0.25, 0.3) is 0 Å². The number of carboxylic acids is 1.